The van der Waals surface area contributed by atoms with Crippen LogP contribution in [0.5, 0.6) is 0 Å². The first-order valence-electron chi connectivity index (χ1n) is 4.97. The van der Waals surface area contributed by atoms with Crippen LogP contribution in [0.25, 0.3) is 0 Å². The lowest BCUT2D eigenvalue weighted by atomic mass is 10.2. The number of rotatable bonds is 4. The van der Waals surface area contributed by atoms with E-state index in [0.717, 1.165) is 18.3 Å². The maximum Gasteiger partial charge on any atom is 0.122 e. The van der Waals surface area contributed by atoms with Gasteiger partial charge in [0, 0.05) is 25.5 Å². The molecule has 72 valence electrons. The first-order valence-corrected chi connectivity index (χ1v) is 4.97. The molecule has 1 atom stereocenters. The highest BCUT2D eigenvalue weighted by Crippen LogP contribution is 2.32. The summed E-state index contributed by atoms with van der Waals surface area (Å²) in [6, 6.07) is 0.650. The van der Waals surface area contributed by atoms with E-state index in [1.807, 2.05) is 19.4 Å². The minimum absolute atomic E-state index is 0.650. The fraction of sp³-hybridized carbons (Fsp3) is 0.700. The SMILES string of the molecule is CC(NCc1nccn1C)C1CC1. The Kier molecular flexibility index (Phi) is 2.36. The van der Waals surface area contributed by atoms with Crippen molar-refractivity contribution in [2.75, 3.05) is 0 Å². The van der Waals surface area contributed by atoms with Gasteiger partial charge in [0.15, 0.2) is 0 Å². The van der Waals surface area contributed by atoms with Crippen LogP contribution in [0.1, 0.15) is 25.6 Å². The van der Waals surface area contributed by atoms with Crippen molar-refractivity contribution in [1.82, 2.24) is 14.9 Å². The Hall–Kier alpha value is -0.830. The predicted molar refractivity (Wildman–Crippen MR) is 52.2 cm³/mol. The van der Waals surface area contributed by atoms with Crippen LogP contribution in [-0.4, -0.2) is 15.6 Å². The summed E-state index contributed by atoms with van der Waals surface area (Å²) < 4.78 is 2.06. The zero-order chi connectivity index (χ0) is 9.26. The van der Waals surface area contributed by atoms with E-state index in [1.165, 1.54) is 12.8 Å². The Morgan fingerprint density at radius 1 is 1.69 bits per heavy atom. The van der Waals surface area contributed by atoms with Crippen LogP contribution in [0.15, 0.2) is 12.4 Å². The lowest BCUT2D eigenvalue weighted by Crippen LogP contribution is -2.28. The van der Waals surface area contributed by atoms with E-state index in [2.05, 4.69) is 21.8 Å². The molecular weight excluding hydrogens is 162 g/mol. The Balaban J connectivity index is 1.81. The largest absolute Gasteiger partial charge is 0.337 e. The standard InChI is InChI=1S/C10H17N3/c1-8(9-3-4-9)12-7-10-11-5-6-13(10)2/h5-6,8-9,12H,3-4,7H2,1-2H3. The van der Waals surface area contributed by atoms with Gasteiger partial charge in [0.1, 0.15) is 5.82 Å². The Bertz CT molecular complexity index is 275. The number of imidazole rings is 1. The van der Waals surface area contributed by atoms with E-state index in [-0.39, 0.29) is 0 Å². The summed E-state index contributed by atoms with van der Waals surface area (Å²) in [5, 5.41) is 3.50. The molecule has 1 fully saturated rings. The zero-order valence-electron chi connectivity index (χ0n) is 8.33. The number of hydrogen-bond donors (Lipinski definition) is 1. The molecule has 0 aromatic carbocycles. The van der Waals surface area contributed by atoms with Crippen LogP contribution in [0.4, 0.5) is 0 Å². The van der Waals surface area contributed by atoms with Crippen LogP contribution in [-0.2, 0) is 13.6 Å². The third-order valence-electron chi connectivity index (χ3n) is 2.83. The van der Waals surface area contributed by atoms with Gasteiger partial charge < -0.3 is 9.88 Å². The lowest BCUT2D eigenvalue weighted by molar-refractivity contribution is 0.482. The molecule has 3 heteroatoms. The van der Waals surface area contributed by atoms with Gasteiger partial charge in [-0.25, -0.2) is 4.98 Å². The van der Waals surface area contributed by atoms with Crippen LogP contribution < -0.4 is 5.32 Å². The molecule has 13 heavy (non-hydrogen) atoms. The highest BCUT2D eigenvalue weighted by Gasteiger charge is 2.27. The van der Waals surface area contributed by atoms with Crippen molar-refractivity contribution >= 4 is 0 Å². The van der Waals surface area contributed by atoms with Crippen molar-refractivity contribution < 1.29 is 0 Å². The molecule has 0 radical (unpaired) electrons. The second kappa shape index (κ2) is 3.50. The minimum Gasteiger partial charge on any atom is -0.337 e. The van der Waals surface area contributed by atoms with Crippen molar-refractivity contribution in [3.05, 3.63) is 18.2 Å². The van der Waals surface area contributed by atoms with Crippen molar-refractivity contribution in [2.45, 2.75) is 32.4 Å². The van der Waals surface area contributed by atoms with Crippen molar-refractivity contribution in [2.24, 2.45) is 13.0 Å². The van der Waals surface area contributed by atoms with E-state index >= 15 is 0 Å². The zero-order valence-corrected chi connectivity index (χ0v) is 8.33. The number of hydrogen-bond acceptors (Lipinski definition) is 2. The third-order valence-corrected chi connectivity index (χ3v) is 2.83. The normalized spacial score (nSPS) is 18.9. The van der Waals surface area contributed by atoms with E-state index in [0.29, 0.717) is 6.04 Å². The minimum atomic E-state index is 0.650. The average Bonchev–Trinajstić information content (AvgIpc) is 2.88. The quantitative estimate of drug-likeness (QED) is 0.755. The molecule has 0 bridgehead atoms. The Morgan fingerprint density at radius 2 is 2.46 bits per heavy atom. The molecule has 1 N–H and O–H groups in total. The molecule has 0 saturated heterocycles. The van der Waals surface area contributed by atoms with Gasteiger partial charge in [-0.3, -0.25) is 0 Å². The van der Waals surface area contributed by atoms with Crippen LogP contribution in [0.2, 0.25) is 0 Å². The molecule has 2 rings (SSSR count). The number of nitrogens with one attached hydrogen (secondary N) is 1. The predicted octanol–water partition coefficient (Wildman–Crippen LogP) is 1.31. The van der Waals surface area contributed by atoms with Crippen LogP contribution >= 0.6 is 0 Å². The second-order valence-corrected chi connectivity index (χ2v) is 3.96. The second-order valence-electron chi connectivity index (χ2n) is 3.96. The summed E-state index contributed by atoms with van der Waals surface area (Å²) in [7, 11) is 2.03. The summed E-state index contributed by atoms with van der Waals surface area (Å²) in [6.07, 6.45) is 6.63. The van der Waals surface area contributed by atoms with Gasteiger partial charge in [-0.05, 0) is 25.7 Å². The first-order chi connectivity index (χ1) is 6.27. The molecule has 1 saturated carbocycles. The van der Waals surface area contributed by atoms with Gasteiger partial charge in [-0.1, -0.05) is 0 Å². The highest BCUT2D eigenvalue weighted by molar-refractivity contribution is 4.92. The Morgan fingerprint density at radius 3 is 3.00 bits per heavy atom. The van der Waals surface area contributed by atoms with Gasteiger partial charge in [0.2, 0.25) is 0 Å². The molecule has 1 aliphatic rings. The fourth-order valence-corrected chi connectivity index (χ4v) is 1.58. The molecule has 0 amide bonds. The molecular formula is C10H17N3. The molecule has 3 nitrogen and oxygen atoms in total. The third kappa shape index (κ3) is 2.10. The average molecular weight is 179 g/mol. The molecule has 1 unspecified atom stereocenters. The summed E-state index contributed by atoms with van der Waals surface area (Å²) in [4.78, 5) is 4.27. The van der Waals surface area contributed by atoms with Gasteiger partial charge in [-0.2, -0.15) is 0 Å². The fourth-order valence-electron chi connectivity index (χ4n) is 1.58. The first kappa shape index (κ1) is 8.75. The maximum absolute atomic E-state index is 4.27. The summed E-state index contributed by atoms with van der Waals surface area (Å²) in [6.45, 7) is 3.15. The van der Waals surface area contributed by atoms with Crippen molar-refractivity contribution in [1.29, 1.82) is 0 Å². The Labute approximate surface area is 79.2 Å². The summed E-state index contributed by atoms with van der Waals surface area (Å²) >= 11 is 0. The molecule has 1 aromatic heterocycles. The van der Waals surface area contributed by atoms with E-state index < -0.39 is 0 Å². The monoisotopic (exact) mass is 179 g/mol. The number of aryl methyl sites for hydroxylation is 1. The van der Waals surface area contributed by atoms with Gasteiger partial charge >= 0.3 is 0 Å². The van der Waals surface area contributed by atoms with Crippen LogP contribution in [0, 0.1) is 5.92 Å². The van der Waals surface area contributed by atoms with Crippen molar-refractivity contribution in [3.63, 3.8) is 0 Å². The van der Waals surface area contributed by atoms with Gasteiger partial charge in [-0.15, -0.1) is 0 Å². The maximum atomic E-state index is 4.27. The number of aromatic nitrogens is 2. The lowest BCUT2D eigenvalue weighted by Gasteiger charge is -2.11. The van der Waals surface area contributed by atoms with Gasteiger partial charge in [0.25, 0.3) is 0 Å². The molecule has 0 spiro atoms. The van der Waals surface area contributed by atoms with Crippen LogP contribution in [0.3, 0.4) is 0 Å². The molecule has 0 aliphatic heterocycles. The van der Waals surface area contributed by atoms with E-state index in [4.69, 9.17) is 0 Å². The molecule has 1 aliphatic carbocycles. The summed E-state index contributed by atoms with van der Waals surface area (Å²) in [5.41, 5.74) is 0. The van der Waals surface area contributed by atoms with E-state index in [1.54, 1.807) is 0 Å². The number of nitrogens with zero attached hydrogens (tertiary/aromatic N) is 2. The topological polar surface area (TPSA) is 29.9 Å². The van der Waals surface area contributed by atoms with Gasteiger partial charge in [0.05, 0.1) is 6.54 Å². The molecule has 1 heterocycles. The van der Waals surface area contributed by atoms with E-state index in [9.17, 15) is 0 Å². The summed E-state index contributed by atoms with van der Waals surface area (Å²) in [5.74, 6) is 2.03. The molecule has 1 aromatic rings. The highest BCUT2D eigenvalue weighted by atomic mass is 15.1. The van der Waals surface area contributed by atoms with Crippen molar-refractivity contribution in [3.8, 4) is 0 Å². The smallest absolute Gasteiger partial charge is 0.122 e.